The van der Waals surface area contributed by atoms with Gasteiger partial charge in [-0.15, -0.1) is 22.7 Å². The highest BCUT2D eigenvalue weighted by Crippen LogP contribution is 2.22. The predicted molar refractivity (Wildman–Crippen MR) is 150 cm³/mol. The fraction of sp³-hybridized carbons (Fsp3) is 0. The lowest BCUT2D eigenvalue weighted by atomic mass is 9.99. The number of aromatic nitrogens is 2. The Balaban J connectivity index is 1.61. The highest BCUT2D eigenvalue weighted by molar-refractivity contribution is 7.11. The first-order chi connectivity index (χ1) is 17.9. The third kappa shape index (κ3) is 4.57. The summed E-state index contributed by atoms with van der Waals surface area (Å²) in [5, 5.41) is 0. The van der Waals surface area contributed by atoms with E-state index < -0.39 is 0 Å². The van der Waals surface area contributed by atoms with Crippen molar-refractivity contribution in [3.63, 3.8) is 0 Å². The first-order valence-corrected chi connectivity index (χ1v) is 13.4. The SMILES string of the molecule is c1ccc(C(c2ccccc2)=c2cn/c(=c3\ncc(=C(c4ccccc4)c4ccccc4)s3)s2)cc1. The van der Waals surface area contributed by atoms with Crippen molar-refractivity contribution >= 4 is 33.8 Å². The Morgan fingerprint density at radius 2 is 0.667 bits per heavy atom. The molecule has 2 nitrogen and oxygen atoms in total. The molecule has 0 aliphatic rings. The van der Waals surface area contributed by atoms with Gasteiger partial charge in [-0.1, -0.05) is 121 Å². The molecule has 0 fully saturated rings. The van der Waals surface area contributed by atoms with Crippen molar-refractivity contribution in [2.75, 3.05) is 0 Å². The maximum absolute atomic E-state index is 4.81. The molecule has 6 rings (SSSR count). The second kappa shape index (κ2) is 10.2. The van der Waals surface area contributed by atoms with E-state index in [0.29, 0.717) is 0 Å². The zero-order chi connectivity index (χ0) is 24.2. The third-order valence-corrected chi connectivity index (χ3v) is 8.11. The van der Waals surface area contributed by atoms with Gasteiger partial charge >= 0.3 is 0 Å². The van der Waals surface area contributed by atoms with Crippen LogP contribution in [0.25, 0.3) is 11.1 Å². The lowest BCUT2D eigenvalue weighted by Crippen LogP contribution is -2.03. The van der Waals surface area contributed by atoms with Gasteiger partial charge in [0, 0.05) is 23.5 Å². The number of benzene rings is 4. The number of nitrogens with zero attached hydrogens (tertiary/aromatic N) is 2. The van der Waals surface area contributed by atoms with Gasteiger partial charge in [-0.25, -0.2) is 9.97 Å². The molecule has 172 valence electrons. The van der Waals surface area contributed by atoms with Gasteiger partial charge in [0.25, 0.3) is 0 Å². The zero-order valence-corrected chi connectivity index (χ0v) is 21.0. The summed E-state index contributed by atoms with van der Waals surface area (Å²) in [6.45, 7) is 0. The normalized spacial score (nSPS) is 11.8. The van der Waals surface area contributed by atoms with Crippen LogP contribution < -0.4 is 9.06 Å². The second-order valence-electron chi connectivity index (χ2n) is 8.27. The summed E-state index contributed by atoms with van der Waals surface area (Å²) in [4.78, 5) is 9.63. The fourth-order valence-corrected chi connectivity index (χ4v) is 6.34. The van der Waals surface area contributed by atoms with Gasteiger partial charge in [0.1, 0.15) is 0 Å². The van der Waals surface area contributed by atoms with Crippen molar-refractivity contribution in [2.45, 2.75) is 0 Å². The summed E-state index contributed by atoms with van der Waals surface area (Å²) < 4.78 is 4.14. The van der Waals surface area contributed by atoms with Crippen LogP contribution in [0.2, 0.25) is 0 Å². The minimum atomic E-state index is 0.936. The van der Waals surface area contributed by atoms with Crippen LogP contribution in [-0.2, 0) is 0 Å². The van der Waals surface area contributed by atoms with Crippen LogP contribution in [0.15, 0.2) is 134 Å². The van der Waals surface area contributed by atoms with Crippen LogP contribution in [0.5, 0.6) is 0 Å². The van der Waals surface area contributed by atoms with Gasteiger partial charge in [-0.3, -0.25) is 0 Å². The molecule has 2 heterocycles. The molecule has 36 heavy (non-hydrogen) atoms. The Labute approximate surface area is 217 Å². The summed E-state index contributed by atoms with van der Waals surface area (Å²) in [6, 6.07) is 42.1. The Hall–Kier alpha value is -4.12. The molecule has 6 aromatic rings. The lowest BCUT2D eigenvalue weighted by Gasteiger charge is -2.07. The minimum Gasteiger partial charge on any atom is -0.241 e. The van der Waals surface area contributed by atoms with Crippen LogP contribution in [0, 0.1) is 9.33 Å². The summed E-state index contributed by atoms with van der Waals surface area (Å²) in [7, 11) is 0. The summed E-state index contributed by atoms with van der Waals surface area (Å²) in [5.74, 6) is 0. The molecule has 4 heteroatoms. The molecule has 0 N–H and O–H groups in total. The van der Waals surface area contributed by atoms with Crippen molar-refractivity contribution < 1.29 is 0 Å². The predicted octanol–water partition coefficient (Wildman–Crippen LogP) is 6.38. The topological polar surface area (TPSA) is 25.8 Å². The van der Waals surface area contributed by atoms with E-state index in [2.05, 4.69) is 121 Å². The molecule has 0 radical (unpaired) electrons. The Morgan fingerprint density at radius 1 is 0.389 bits per heavy atom. The first-order valence-electron chi connectivity index (χ1n) is 11.8. The second-order valence-corrected chi connectivity index (χ2v) is 10.3. The molecule has 0 saturated carbocycles. The first kappa shape index (κ1) is 22.4. The minimum absolute atomic E-state index is 0.936. The van der Waals surface area contributed by atoms with Crippen molar-refractivity contribution in [3.8, 4) is 0 Å². The average molecular weight is 499 g/mol. The molecule has 0 bridgehead atoms. The van der Waals surface area contributed by atoms with Gasteiger partial charge in [-0.2, -0.15) is 0 Å². The molecular formula is C32H22N2S2. The lowest BCUT2D eigenvalue weighted by molar-refractivity contribution is 1.26. The van der Waals surface area contributed by atoms with E-state index in [1.54, 1.807) is 22.7 Å². The summed E-state index contributed by atoms with van der Waals surface area (Å²) in [6.07, 6.45) is 3.96. The quantitative estimate of drug-likeness (QED) is 0.282. The molecule has 0 unspecified atom stereocenters. The fourth-order valence-electron chi connectivity index (χ4n) is 4.30. The zero-order valence-electron chi connectivity index (χ0n) is 19.4. The Bertz CT molecular complexity index is 1590. The van der Waals surface area contributed by atoms with Crippen LogP contribution in [-0.4, -0.2) is 9.97 Å². The molecular weight excluding hydrogens is 477 g/mol. The van der Waals surface area contributed by atoms with E-state index in [1.807, 2.05) is 12.4 Å². The summed E-state index contributed by atoms with van der Waals surface area (Å²) in [5.41, 5.74) is 7.12. The van der Waals surface area contributed by atoms with E-state index in [9.17, 15) is 0 Å². The standard InChI is InChI=1S/C32H22N2S2/c1-5-13-23(14-6-1)29(24-15-7-2-8-16-24)27-21-33-31(35-27)32-34-22-28(36-32)30(25-17-9-3-10-18-25)26-19-11-4-12-20-26/h1-22H/b32-31-. The van der Waals surface area contributed by atoms with Crippen molar-refractivity contribution in [2.24, 2.45) is 0 Å². The number of hydrogen-bond donors (Lipinski definition) is 0. The van der Waals surface area contributed by atoms with E-state index in [1.165, 1.54) is 33.4 Å². The monoisotopic (exact) mass is 498 g/mol. The maximum Gasteiger partial charge on any atom is 0.152 e. The van der Waals surface area contributed by atoms with E-state index >= 15 is 0 Å². The van der Waals surface area contributed by atoms with Crippen molar-refractivity contribution in [1.82, 2.24) is 9.97 Å². The van der Waals surface area contributed by atoms with E-state index in [4.69, 9.17) is 9.97 Å². The van der Waals surface area contributed by atoms with E-state index in [0.717, 1.165) is 18.4 Å². The maximum atomic E-state index is 4.81. The van der Waals surface area contributed by atoms with Gasteiger partial charge in [-0.05, 0) is 22.3 Å². The molecule has 0 aliphatic heterocycles. The summed E-state index contributed by atoms with van der Waals surface area (Å²) >= 11 is 3.38. The molecule has 0 amide bonds. The molecule has 0 saturated heterocycles. The van der Waals surface area contributed by atoms with E-state index in [-0.39, 0.29) is 0 Å². The third-order valence-electron chi connectivity index (χ3n) is 5.94. The molecule has 2 aromatic heterocycles. The van der Waals surface area contributed by atoms with Gasteiger partial charge in [0.2, 0.25) is 0 Å². The molecule has 0 spiro atoms. The number of rotatable bonds is 4. The van der Waals surface area contributed by atoms with Crippen LogP contribution >= 0.6 is 22.7 Å². The van der Waals surface area contributed by atoms with Crippen LogP contribution in [0.3, 0.4) is 0 Å². The van der Waals surface area contributed by atoms with Crippen LogP contribution in [0.4, 0.5) is 0 Å². The molecule has 0 aliphatic carbocycles. The number of hydrogen-bond acceptors (Lipinski definition) is 4. The largest absolute Gasteiger partial charge is 0.241 e. The highest BCUT2D eigenvalue weighted by atomic mass is 32.1. The van der Waals surface area contributed by atoms with Gasteiger partial charge < -0.3 is 0 Å². The molecule has 0 atom stereocenters. The van der Waals surface area contributed by atoms with Crippen molar-refractivity contribution in [1.29, 1.82) is 0 Å². The van der Waals surface area contributed by atoms with Crippen LogP contribution in [0.1, 0.15) is 22.3 Å². The van der Waals surface area contributed by atoms with Gasteiger partial charge in [0.15, 0.2) is 9.33 Å². The Morgan fingerprint density at radius 3 is 0.944 bits per heavy atom. The highest BCUT2D eigenvalue weighted by Gasteiger charge is 2.09. The Kier molecular flexibility index (Phi) is 6.36. The average Bonchev–Trinajstić information content (AvgIpc) is 3.62. The number of thiazole rings is 2. The van der Waals surface area contributed by atoms with Crippen molar-refractivity contribution in [3.05, 3.63) is 174 Å². The smallest absolute Gasteiger partial charge is 0.152 e. The molecule has 4 aromatic carbocycles. The van der Waals surface area contributed by atoms with Gasteiger partial charge in [0.05, 0.1) is 9.06 Å².